The maximum Gasteiger partial charge on any atom is 0.331 e. The molecule has 0 unspecified atom stereocenters. The Kier molecular flexibility index (Phi) is 6.99. The highest BCUT2D eigenvalue weighted by Crippen LogP contribution is 2.27. The molecule has 1 aliphatic rings. The molecule has 0 heterocycles. The molecule has 0 aliphatic heterocycles. The Bertz CT molecular complexity index is 435. The van der Waals surface area contributed by atoms with Crippen molar-refractivity contribution in [2.24, 2.45) is 17.4 Å². The average Bonchev–Trinajstić information content (AvgIpc) is 2.46. The number of aliphatic carboxylic acids is 1. The first-order chi connectivity index (χ1) is 10.3. The van der Waals surface area contributed by atoms with E-state index in [0.717, 1.165) is 12.8 Å². The van der Waals surface area contributed by atoms with Gasteiger partial charge in [-0.05, 0) is 18.9 Å². The summed E-state index contributed by atoms with van der Waals surface area (Å²) in [5.74, 6) is -1.80. The Morgan fingerprint density at radius 2 is 2.00 bits per heavy atom. The SMILES string of the molecule is CCC(CC)O[C@@H]1C=C(C(=O)O)[C@@H](CN)[C@H](N)[C@H]1NC(C)=O. The third-order valence-electron chi connectivity index (χ3n) is 4.11. The van der Waals surface area contributed by atoms with Gasteiger partial charge in [-0.2, -0.15) is 0 Å². The molecule has 7 nitrogen and oxygen atoms in total. The molecule has 0 aromatic heterocycles. The Morgan fingerprint density at radius 3 is 2.41 bits per heavy atom. The van der Waals surface area contributed by atoms with Gasteiger partial charge in [-0.15, -0.1) is 0 Å². The van der Waals surface area contributed by atoms with Crippen molar-refractivity contribution in [3.63, 3.8) is 0 Å². The molecule has 0 spiro atoms. The minimum absolute atomic E-state index is 0.0193. The molecule has 0 aromatic rings. The maximum absolute atomic E-state index is 11.4. The molecule has 1 amide bonds. The predicted octanol–water partition coefficient (Wildman–Crippen LogP) is -0.00830. The molecule has 0 bridgehead atoms. The fraction of sp³-hybridized carbons (Fsp3) is 0.733. The first-order valence-electron chi connectivity index (χ1n) is 7.68. The van der Waals surface area contributed by atoms with E-state index in [0.29, 0.717) is 0 Å². The standard InChI is InChI=1S/C15H27N3O4/c1-4-9(5-2)22-12-6-10(15(20)21)11(7-16)13(17)14(12)18-8(3)19/h6,9,11-14H,4-5,7,16-17H2,1-3H3,(H,18,19)(H,20,21)/t11-,12-,13+,14+/m1/s1. The fourth-order valence-electron chi connectivity index (χ4n) is 2.84. The summed E-state index contributed by atoms with van der Waals surface area (Å²) in [4.78, 5) is 22.9. The lowest BCUT2D eigenvalue weighted by molar-refractivity contribution is -0.134. The first-order valence-corrected chi connectivity index (χ1v) is 7.68. The Hall–Kier alpha value is -1.44. The van der Waals surface area contributed by atoms with Crippen molar-refractivity contribution < 1.29 is 19.4 Å². The van der Waals surface area contributed by atoms with E-state index in [-0.39, 0.29) is 24.1 Å². The number of rotatable bonds is 7. The molecule has 0 saturated carbocycles. The molecule has 4 atom stereocenters. The minimum atomic E-state index is -1.05. The summed E-state index contributed by atoms with van der Waals surface area (Å²) in [6.07, 6.45) is 2.55. The average molecular weight is 313 g/mol. The summed E-state index contributed by atoms with van der Waals surface area (Å²) >= 11 is 0. The molecule has 0 saturated heterocycles. The lowest BCUT2D eigenvalue weighted by atomic mass is 9.79. The van der Waals surface area contributed by atoms with Crippen LogP contribution in [0.1, 0.15) is 33.6 Å². The molecule has 126 valence electrons. The number of carbonyl (C=O) groups excluding carboxylic acids is 1. The summed E-state index contributed by atoms with van der Waals surface area (Å²) in [5.41, 5.74) is 12.0. The van der Waals surface area contributed by atoms with Gasteiger partial charge in [-0.1, -0.05) is 13.8 Å². The smallest absolute Gasteiger partial charge is 0.331 e. The molecule has 1 aliphatic carbocycles. The van der Waals surface area contributed by atoms with E-state index in [1.807, 2.05) is 13.8 Å². The third-order valence-corrected chi connectivity index (χ3v) is 4.11. The van der Waals surface area contributed by atoms with Crippen LogP contribution in [0.3, 0.4) is 0 Å². The van der Waals surface area contributed by atoms with Crippen molar-refractivity contribution in [2.45, 2.75) is 57.9 Å². The Balaban J connectivity index is 3.15. The van der Waals surface area contributed by atoms with Crippen LogP contribution in [0.15, 0.2) is 11.6 Å². The number of carbonyl (C=O) groups is 2. The minimum Gasteiger partial charge on any atom is -0.478 e. The highest BCUT2D eigenvalue weighted by Gasteiger charge is 2.41. The zero-order valence-corrected chi connectivity index (χ0v) is 13.4. The molecule has 0 aromatic carbocycles. The van der Waals surface area contributed by atoms with E-state index in [4.69, 9.17) is 16.2 Å². The van der Waals surface area contributed by atoms with E-state index in [9.17, 15) is 14.7 Å². The van der Waals surface area contributed by atoms with Crippen molar-refractivity contribution in [1.29, 1.82) is 0 Å². The second-order valence-corrected chi connectivity index (χ2v) is 5.61. The van der Waals surface area contributed by atoms with Crippen LogP contribution in [0.5, 0.6) is 0 Å². The zero-order chi connectivity index (χ0) is 16.9. The number of carboxylic acid groups (broad SMARTS) is 1. The molecule has 22 heavy (non-hydrogen) atoms. The van der Waals surface area contributed by atoms with Crippen molar-refractivity contribution in [2.75, 3.05) is 6.54 Å². The predicted molar refractivity (Wildman–Crippen MR) is 83.1 cm³/mol. The van der Waals surface area contributed by atoms with E-state index >= 15 is 0 Å². The monoisotopic (exact) mass is 313 g/mol. The molecule has 0 radical (unpaired) electrons. The van der Waals surface area contributed by atoms with Crippen LogP contribution in [0.2, 0.25) is 0 Å². The number of hydrogen-bond donors (Lipinski definition) is 4. The van der Waals surface area contributed by atoms with Crippen LogP contribution >= 0.6 is 0 Å². The van der Waals surface area contributed by atoms with Gasteiger partial charge in [0, 0.05) is 31.0 Å². The third kappa shape index (κ3) is 4.28. The van der Waals surface area contributed by atoms with Gasteiger partial charge in [-0.25, -0.2) is 4.79 Å². The maximum atomic E-state index is 11.4. The second-order valence-electron chi connectivity index (χ2n) is 5.61. The van der Waals surface area contributed by atoms with Gasteiger partial charge >= 0.3 is 5.97 Å². The number of hydrogen-bond acceptors (Lipinski definition) is 5. The molecular formula is C15H27N3O4. The Labute approximate surface area is 131 Å². The van der Waals surface area contributed by atoms with Gasteiger partial charge in [0.05, 0.1) is 18.2 Å². The summed E-state index contributed by atoms with van der Waals surface area (Å²) in [6.45, 7) is 5.49. The number of amides is 1. The normalized spacial score (nSPS) is 28.4. The van der Waals surface area contributed by atoms with Crippen LogP contribution in [0.25, 0.3) is 0 Å². The van der Waals surface area contributed by atoms with Crippen molar-refractivity contribution in [3.8, 4) is 0 Å². The summed E-state index contributed by atoms with van der Waals surface area (Å²) in [6, 6.07) is -1.10. The van der Waals surface area contributed by atoms with Crippen LogP contribution in [0, 0.1) is 5.92 Å². The van der Waals surface area contributed by atoms with E-state index in [2.05, 4.69) is 5.32 Å². The van der Waals surface area contributed by atoms with Gasteiger partial charge < -0.3 is 26.6 Å². The van der Waals surface area contributed by atoms with Gasteiger partial charge in [-0.3, -0.25) is 4.79 Å². The van der Waals surface area contributed by atoms with Crippen LogP contribution in [0.4, 0.5) is 0 Å². The van der Waals surface area contributed by atoms with Crippen LogP contribution in [-0.4, -0.2) is 47.8 Å². The number of nitrogens with one attached hydrogen (secondary N) is 1. The number of nitrogens with two attached hydrogens (primary N) is 2. The second kappa shape index (κ2) is 8.26. The molecular weight excluding hydrogens is 286 g/mol. The van der Waals surface area contributed by atoms with E-state index in [1.54, 1.807) is 6.08 Å². The largest absolute Gasteiger partial charge is 0.478 e. The fourth-order valence-corrected chi connectivity index (χ4v) is 2.84. The zero-order valence-electron chi connectivity index (χ0n) is 13.4. The van der Waals surface area contributed by atoms with E-state index in [1.165, 1.54) is 6.92 Å². The van der Waals surface area contributed by atoms with Crippen molar-refractivity contribution in [1.82, 2.24) is 5.32 Å². The summed E-state index contributed by atoms with van der Waals surface area (Å²) in [5, 5.41) is 12.1. The lowest BCUT2D eigenvalue weighted by Gasteiger charge is -2.40. The van der Waals surface area contributed by atoms with Crippen LogP contribution in [-0.2, 0) is 14.3 Å². The van der Waals surface area contributed by atoms with Crippen molar-refractivity contribution >= 4 is 11.9 Å². The number of carboxylic acids is 1. The molecule has 7 heteroatoms. The Morgan fingerprint density at radius 1 is 1.41 bits per heavy atom. The highest BCUT2D eigenvalue weighted by atomic mass is 16.5. The van der Waals surface area contributed by atoms with Gasteiger partial charge in [0.1, 0.15) is 0 Å². The lowest BCUT2D eigenvalue weighted by Crippen LogP contribution is -2.61. The molecule has 0 fully saturated rings. The van der Waals surface area contributed by atoms with Gasteiger partial charge in [0.2, 0.25) is 5.91 Å². The van der Waals surface area contributed by atoms with Gasteiger partial charge in [0.25, 0.3) is 0 Å². The first kappa shape index (κ1) is 18.6. The highest BCUT2D eigenvalue weighted by molar-refractivity contribution is 5.88. The quantitative estimate of drug-likeness (QED) is 0.523. The van der Waals surface area contributed by atoms with E-state index < -0.39 is 30.1 Å². The number of ether oxygens (including phenoxy) is 1. The summed E-state index contributed by atoms with van der Waals surface area (Å²) < 4.78 is 5.97. The topological polar surface area (TPSA) is 128 Å². The molecule has 1 rings (SSSR count). The molecule has 6 N–H and O–H groups in total. The van der Waals surface area contributed by atoms with Gasteiger partial charge in [0.15, 0.2) is 0 Å². The van der Waals surface area contributed by atoms with Crippen LogP contribution < -0.4 is 16.8 Å². The van der Waals surface area contributed by atoms with Crippen molar-refractivity contribution in [3.05, 3.63) is 11.6 Å². The summed E-state index contributed by atoms with van der Waals surface area (Å²) in [7, 11) is 0.